The lowest BCUT2D eigenvalue weighted by Gasteiger charge is -2.33. The lowest BCUT2D eigenvalue weighted by Crippen LogP contribution is -2.43. The number of ether oxygens (including phenoxy) is 2. The molecule has 1 N–H and O–H groups in total. The second-order valence-corrected chi connectivity index (χ2v) is 9.37. The average Bonchev–Trinajstić information content (AvgIpc) is 2.72. The maximum Gasteiger partial charge on any atom is 0.338 e. The summed E-state index contributed by atoms with van der Waals surface area (Å²) in [6.45, 7) is 5.49. The summed E-state index contributed by atoms with van der Waals surface area (Å²) in [6.07, 6.45) is 5.32. The van der Waals surface area contributed by atoms with Gasteiger partial charge < -0.3 is 14.4 Å². The monoisotopic (exact) mass is 440 g/mol. The lowest BCUT2D eigenvalue weighted by molar-refractivity contribution is -0.137. The Morgan fingerprint density at radius 3 is 2.43 bits per heavy atom. The van der Waals surface area contributed by atoms with Crippen LogP contribution in [0, 0.1) is 0 Å². The van der Waals surface area contributed by atoms with Crippen LogP contribution in [0.25, 0.3) is 0 Å². The summed E-state index contributed by atoms with van der Waals surface area (Å²) in [6, 6.07) is 3.88. The molecule has 1 fully saturated rings. The normalized spacial score (nSPS) is 15.1. The van der Waals surface area contributed by atoms with E-state index in [4.69, 9.17) is 9.47 Å². The van der Waals surface area contributed by atoms with Crippen molar-refractivity contribution in [2.24, 2.45) is 0 Å². The van der Waals surface area contributed by atoms with Gasteiger partial charge in [-0.05, 0) is 51.8 Å². The Kier molecular flexibility index (Phi) is 8.66. The van der Waals surface area contributed by atoms with Gasteiger partial charge in [0.15, 0.2) is 6.61 Å². The predicted molar refractivity (Wildman–Crippen MR) is 113 cm³/mol. The van der Waals surface area contributed by atoms with E-state index in [0.29, 0.717) is 6.54 Å². The summed E-state index contributed by atoms with van der Waals surface area (Å²) in [5.74, 6) is -0.877. The fourth-order valence-electron chi connectivity index (χ4n) is 3.71. The summed E-state index contributed by atoms with van der Waals surface area (Å²) >= 11 is 0. The summed E-state index contributed by atoms with van der Waals surface area (Å²) in [5.41, 5.74) is 0.0356. The minimum Gasteiger partial charge on any atom is -0.495 e. The maximum atomic E-state index is 12.6. The molecule has 1 saturated carbocycles. The molecule has 8 nitrogen and oxygen atoms in total. The highest BCUT2D eigenvalue weighted by molar-refractivity contribution is 7.89. The molecule has 1 amide bonds. The zero-order chi connectivity index (χ0) is 22.3. The molecule has 0 radical (unpaired) electrons. The summed E-state index contributed by atoms with van der Waals surface area (Å²) in [7, 11) is -2.53. The number of carbonyl (C=O) groups is 2. The first-order chi connectivity index (χ1) is 14.2. The Hall–Kier alpha value is -2.13. The minimum atomic E-state index is -3.88. The number of hydrogen-bond acceptors (Lipinski definition) is 6. The van der Waals surface area contributed by atoms with Crippen LogP contribution in [0.5, 0.6) is 5.75 Å². The Balaban J connectivity index is 2.11. The largest absolute Gasteiger partial charge is 0.495 e. The van der Waals surface area contributed by atoms with E-state index in [-0.39, 0.29) is 40.8 Å². The number of sulfonamides is 1. The van der Waals surface area contributed by atoms with Gasteiger partial charge in [-0.15, -0.1) is 0 Å². The highest BCUT2D eigenvalue weighted by Crippen LogP contribution is 2.26. The Morgan fingerprint density at radius 2 is 1.87 bits per heavy atom. The number of methoxy groups -OCH3 is 1. The van der Waals surface area contributed by atoms with E-state index < -0.39 is 16.0 Å². The van der Waals surface area contributed by atoms with Crippen LogP contribution in [-0.4, -0.2) is 57.5 Å². The predicted octanol–water partition coefficient (Wildman–Crippen LogP) is 2.72. The zero-order valence-electron chi connectivity index (χ0n) is 18.1. The van der Waals surface area contributed by atoms with E-state index in [9.17, 15) is 18.0 Å². The zero-order valence-corrected chi connectivity index (χ0v) is 19.0. The van der Waals surface area contributed by atoms with Gasteiger partial charge >= 0.3 is 5.97 Å². The molecule has 30 heavy (non-hydrogen) atoms. The number of carbonyl (C=O) groups excluding carboxylic acids is 2. The average molecular weight is 441 g/mol. The van der Waals surface area contributed by atoms with Crippen LogP contribution in [0.4, 0.5) is 0 Å². The number of likely N-dealkylation sites (N-methyl/N-ethyl adjacent to an activating group) is 1. The van der Waals surface area contributed by atoms with Crippen molar-refractivity contribution in [3.8, 4) is 5.75 Å². The van der Waals surface area contributed by atoms with Crippen molar-refractivity contribution in [3.63, 3.8) is 0 Å². The SMILES string of the molecule is CCN(C(=O)COC(=O)c1ccc(OC)c(S(=O)(=O)NC(C)C)c1)C1CCCCC1. The van der Waals surface area contributed by atoms with E-state index >= 15 is 0 Å². The number of amides is 1. The molecule has 1 aliphatic carbocycles. The van der Waals surface area contributed by atoms with E-state index in [1.807, 2.05) is 6.92 Å². The van der Waals surface area contributed by atoms with Gasteiger partial charge in [-0.3, -0.25) is 4.79 Å². The van der Waals surface area contributed by atoms with Crippen LogP contribution < -0.4 is 9.46 Å². The summed E-state index contributed by atoms with van der Waals surface area (Å²) in [4.78, 5) is 26.7. The van der Waals surface area contributed by atoms with Gasteiger partial charge in [-0.2, -0.15) is 0 Å². The molecule has 0 aromatic heterocycles. The number of rotatable bonds is 9. The van der Waals surface area contributed by atoms with Crippen LogP contribution in [0.1, 0.15) is 63.2 Å². The molecule has 0 atom stereocenters. The number of nitrogens with one attached hydrogen (secondary N) is 1. The smallest absolute Gasteiger partial charge is 0.338 e. The van der Waals surface area contributed by atoms with Gasteiger partial charge in [-0.1, -0.05) is 19.3 Å². The van der Waals surface area contributed by atoms with Crippen molar-refractivity contribution in [1.82, 2.24) is 9.62 Å². The molecule has 168 valence electrons. The van der Waals surface area contributed by atoms with Crippen LogP contribution in [0.3, 0.4) is 0 Å². The molecule has 0 aliphatic heterocycles. The molecular weight excluding hydrogens is 408 g/mol. The molecule has 9 heteroatoms. The second kappa shape index (κ2) is 10.8. The topological polar surface area (TPSA) is 102 Å². The lowest BCUT2D eigenvalue weighted by atomic mass is 9.94. The van der Waals surface area contributed by atoms with E-state index in [1.54, 1.807) is 18.7 Å². The van der Waals surface area contributed by atoms with Crippen molar-refractivity contribution in [3.05, 3.63) is 23.8 Å². The molecule has 0 unspecified atom stereocenters. The quantitative estimate of drug-likeness (QED) is 0.593. The third-order valence-corrected chi connectivity index (χ3v) is 6.76. The van der Waals surface area contributed by atoms with Crippen molar-refractivity contribution in [1.29, 1.82) is 0 Å². The highest BCUT2D eigenvalue weighted by atomic mass is 32.2. The Morgan fingerprint density at radius 1 is 1.20 bits per heavy atom. The van der Waals surface area contributed by atoms with Gasteiger partial charge in [0, 0.05) is 18.6 Å². The van der Waals surface area contributed by atoms with Crippen LogP contribution in [0.15, 0.2) is 23.1 Å². The van der Waals surface area contributed by atoms with Gasteiger partial charge in [-0.25, -0.2) is 17.9 Å². The molecule has 1 aliphatic rings. The van der Waals surface area contributed by atoms with Crippen LogP contribution >= 0.6 is 0 Å². The fraction of sp³-hybridized carbons (Fsp3) is 0.619. The second-order valence-electron chi connectivity index (χ2n) is 7.69. The highest BCUT2D eigenvalue weighted by Gasteiger charge is 2.26. The maximum absolute atomic E-state index is 12.6. The molecule has 0 bridgehead atoms. The molecule has 0 spiro atoms. The minimum absolute atomic E-state index is 0.0356. The Labute approximate surface area is 179 Å². The van der Waals surface area contributed by atoms with Crippen LogP contribution in [0.2, 0.25) is 0 Å². The van der Waals surface area contributed by atoms with E-state index in [2.05, 4.69) is 4.72 Å². The molecular formula is C21H32N2O6S. The first-order valence-electron chi connectivity index (χ1n) is 10.4. The summed E-state index contributed by atoms with van der Waals surface area (Å²) < 4.78 is 37.9. The van der Waals surface area contributed by atoms with E-state index in [0.717, 1.165) is 25.7 Å². The van der Waals surface area contributed by atoms with Crippen LogP contribution in [-0.2, 0) is 19.6 Å². The third-order valence-electron chi connectivity index (χ3n) is 5.08. The first-order valence-corrected chi connectivity index (χ1v) is 11.8. The number of hydrogen-bond donors (Lipinski definition) is 1. The van der Waals surface area contributed by atoms with Gasteiger partial charge in [0.2, 0.25) is 10.0 Å². The molecule has 1 aromatic rings. The van der Waals surface area contributed by atoms with Crippen molar-refractivity contribution >= 4 is 21.9 Å². The van der Waals surface area contributed by atoms with E-state index in [1.165, 1.54) is 31.7 Å². The number of benzene rings is 1. The number of nitrogens with zero attached hydrogens (tertiary/aromatic N) is 1. The van der Waals surface area contributed by atoms with Crippen molar-refractivity contribution < 1.29 is 27.5 Å². The summed E-state index contributed by atoms with van der Waals surface area (Å²) in [5, 5.41) is 0. The van der Waals surface area contributed by atoms with Gasteiger partial charge in [0.25, 0.3) is 5.91 Å². The fourth-order valence-corrected chi connectivity index (χ4v) is 5.16. The van der Waals surface area contributed by atoms with Gasteiger partial charge in [0.05, 0.1) is 12.7 Å². The first kappa shape index (κ1) is 24.1. The molecule has 1 aromatic carbocycles. The third kappa shape index (κ3) is 6.18. The molecule has 2 rings (SSSR count). The van der Waals surface area contributed by atoms with Crippen molar-refractivity contribution in [2.45, 2.75) is 69.9 Å². The van der Waals surface area contributed by atoms with Crippen molar-refractivity contribution in [2.75, 3.05) is 20.3 Å². The van der Waals surface area contributed by atoms with Gasteiger partial charge in [0.1, 0.15) is 10.6 Å². The Bertz CT molecular complexity index is 847. The standard InChI is InChI=1S/C21H32N2O6S/c1-5-23(17-9-7-6-8-10-17)20(24)14-29-21(25)16-11-12-18(28-4)19(13-16)30(26,27)22-15(2)3/h11-13,15,17,22H,5-10,14H2,1-4H3. The number of esters is 1. The molecule has 0 heterocycles. The molecule has 0 saturated heterocycles.